The Morgan fingerprint density at radius 2 is 1.58 bits per heavy atom. The molecule has 0 aliphatic rings. The fourth-order valence-corrected chi connectivity index (χ4v) is 2.96. The van der Waals surface area contributed by atoms with E-state index in [0.717, 1.165) is 0 Å². The van der Waals surface area contributed by atoms with E-state index in [1.807, 2.05) is 0 Å². The first kappa shape index (κ1) is 17.6. The molecule has 0 bridgehead atoms. The molecule has 7 nitrogen and oxygen atoms in total. The lowest BCUT2D eigenvalue weighted by molar-refractivity contribution is -0.255. The van der Waals surface area contributed by atoms with E-state index in [9.17, 15) is 23.1 Å². The summed E-state index contributed by atoms with van der Waals surface area (Å²) in [6.07, 6.45) is 0. The third kappa shape index (κ3) is 4.64. The van der Waals surface area contributed by atoms with Crippen molar-refractivity contribution in [2.75, 3.05) is 5.32 Å². The Bertz CT molecular complexity index is 843. The van der Waals surface area contributed by atoms with Crippen LogP contribution in [-0.4, -0.2) is 20.3 Å². The van der Waals surface area contributed by atoms with Gasteiger partial charge in [-0.15, -0.1) is 0 Å². The summed E-state index contributed by atoms with van der Waals surface area (Å²) in [7, 11) is -3.72. The van der Waals surface area contributed by atoms with Crippen LogP contribution in [0.15, 0.2) is 53.4 Å². The Labute approximate surface area is 139 Å². The third-order valence-electron chi connectivity index (χ3n) is 3.14. The van der Waals surface area contributed by atoms with E-state index in [1.165, 1.54) is 55.5 Å². The molecule has 2 rings (SSSR count). The molecule has 0 spiro atoms. The van der Waals surface area contributed by atoms with Crippen molar-refractivity contribution in [2.45, 2.75) is 18.4 Å². The van der Waals surface area contributed by atoms with Gasteiger partial charge in [0, 0.05) is 19.2 Å². The van der Waals surface area contributed by atoms with Gasteiger partial charge in [0.25, 0.3) is 0 Å². The standard InChI is InChI=1S/C16H16N2O5S/c1-11(19)18-14-6-8-15(9-7-14)24(22,23)17-10-12-2-4-13(5-3-12)16(20)21/h2-9,17H,10H2,1H3,(H,18,19)(H,20,21)/p-1. The average Bonchev–Trinajstić information content (AvgIpc) is 2.53. The quantitative estimate of drug-likeness (QED) is 0.789. The van der Waals surface area contributed by atoms with Crippen LogP contribution < -0.4 is 15.1 Å². The molecule has 0 aromatic heterocycles. The van der Waals surface area contributed by atoms with Crippen molar-refractivity contribution in [2.24, 2.45) is 0 Å². The van der Waals surface area contributed by atoms with Gasteiger partial charge in [0.2, 0.25) is 15.9 Å². The van der Waals surface area contributed by atoms with Crippen molar-refractivity contribution >= 4 is 27.6 Å². The second-order valence-corrected chi connectivity index (χ2v) is 6.78. The molecule has 126 valence electrons. The highest BCUT2D eigenvalue weighted by atomic mass is 32.2. The first-order valence-corrected chi connectivity index (χ1v) is 8.44. The number of carboxylic acids is 1. The van der Waals surface area contributed by atoms with Crippen LogP contribution in [0.3, 0.4) is 0 Å². The van der Waals surface area contributed by atoms with Crippen LogP contribution in [0.1, 0.15) is 22.8 Å². The van der Waals surface area contributed by atoms with Crippen molar-refractivity contribution in [3.63, 3.8) is 0 Å². The molecule has 0 unspecified atom stereocenters. The van der Waals surface area contributed by atoms with Gasteiger partial charge in [-0.25, -0.2) is 13.1 Å². The molecule has 2 aromatic carbocycles. The molecule has 24 heavy (non-hydrogen) atoms. The van der Waals surface area contributed by atoms with Crippen molar-refractivity contribution in [1.29, 1.82) is 0 Å². The number of anilines is 1. The second kappa shape index (κ2) is 7.24. The Morgan fingerprint density at radius 3 is 2.08 bits per heavy atom. The maximum atomic E-state index is 12.2. The predicted molar refractivity (Wildman–Crippen MR) is 85.5 cm³/mol. The van der Waals surface area contributed by atoms with Gasteiger partial charge in [0.15, 0.2) is 0 Å². The van der Waals surface area contributed by atoms with Crippen molar-refractivity contribution in [3.05, 3.63) is 59.7 Å². The van der Waals surface area contributed by atoms with Gasteiger partial charge in [-0.05, 0) is 35.4 Å². The number of nitrogens with one attached hydrogen (secondary N) is 2. The summed E-state index contributed by atoms with van der Waals surface area (Å²) >= 11 is 0. The topological polar surface area (TPSA) is 115 Å². The van der Waals surface area contributed by atoms with E-state index < -0.39 is 16.0 Å². The number of benzene rings is 2. The summed E-state index contributed by atoms with van der Waals surface area (Å²) in [5, 5.41) is 13.2. The highest BCUT2D eigenvalue weighted by Crippen LogP contribution is 2.14. The fraction of sp³-hybridized carbons (Fsp3) is 0.125. The maximum Gasteiger partial charge on any atom is 0.240 e. The number of carbonyl (C=O) groups excluding carboxylic acids is 2. The molecule has 8 heteroatoms. The van der Waals surface area contributed by atoms with Crippen LogP contribution in [0.5, 0.6) is 0 Å². The van der Waals surface area contributed by atoms with Crippen LogP contribution in [0.4, 0.5) is 5.69 Å². The van der Waals surface area contributed by atoms with Crippen molar-refractivity contribution in [3.8, 4) is 0 Å². The molecule has 0 saturated heterocycles. The Morgan fingerprint density at radius 1 is 1.00 bits per heavy atom. The van der Waals surface area contributed by atoms with E-state index in [2.05, 4.69) is 10.0 Å². The van der Waals surface area contributed by atoms with Gasteiger partial charge in [-0.1, -0.05) is 24.3 Å². The molecule has 0 heterocycles. The number of carbonyl (C=O) groups is 2. The predicted octanol–water partition coefficient (Wildman–Crippen LogP) is 0.487. The zero-order valence-corrected chi connectivity index (χ0v) is 13.6. The van der Waals surface area contributed by atoms with E-state index in [1.54, 1.807) is 0 Å². The summed E-state index contributed by atoms with van der Waals surface area (Å²) in [6, 6.07) is 11.5. The SMILES string of the molecule is CC(=O)Nc1ccc(S(=O)(=O)NCc2ccc(C(=O)[O-])cc2)cc1. The molecule has 1 amide bonds. The van der Waals surface area contributed by atoms with Crippen LogP contribution in [0, 0.1) is 0 Å². The highest BCUT2D eigenvalue weighted by Gasteiger charge is 2.13. The molecule has 2 aromatic rings. The summed E-state index contributed by atoms with van der Waals surface area (Å²) in [5.74, 6) is -1.54. The summed E-state index contributed by atoms with van der Waals surface area (Å²) < 4.78 is 26.8. The lowest BCUT2D eigenvalue weighted by Crippen LogP contribution is -2.24. The first-order chi connectivity index (χ1) is 11.3. The van der Waals surface area contributed by atoms with E-state index in [-0.39, 0.29) is 22.9 Å². The summed E-state index contributed by atoms with van der Waals surface area (Å²) in [4.78, 5) is 21.7. The fourth-order valence-electron chi connectivity index (χ4n) is 1.94. The number of hydrogen-bond acceptors (Lipinski definition) is 5. The average molecular weight is 347 g/mol. The van der Waals surface area contributed by atoms with Gasteiger partial charge in [-0.3, -0.25) is 4.79 Å². The normalized spacial score (nSPS) is 11.0. The molecular weight excluding hydrogens is 332 g/mol. The minimum Gasteiger partial charge on any atom is -0.545 e. The van der Waals surface area contributed by atoms with E-state index in [0.29, 0.717) is 11.3 Å². The van der Waals surface area contributed by atoms with Crippen molar-refractivity contribution in [1.82, 2.24) is 4.72 Å². The lowest BCUT2D eigenvalue weighted by atomic mass is 10.1. The van der Waals surface area contributed by atoms with Crippen LogP contribution in [0.2, 0.25) is 0 Å². The molecule has 0 fully saturated rings. The van der Waals surface area contributed by atoms with Gasteiger partial charge in [0.1, 0.15) is 0 Å². The van der Waals surface area contributed by atoms with Crippen molar-refractivity contribution < 1.29 is 23.1 Å². The molecule has 0 saturated carbocycles. The highest BCUT2D eigenvalue weighted by molar-refractivity contribution is 7.89. The Balaban J connectivity index is 2.05. The van der Waals surface area contributed by atoms with Gasteiger partial charge in [0.05, 0.1) is 10.9 Å². The van der Waals surface area contributed by atoms with Crippen LogP contribution in [0.25, 0.3) is 0 Å². The number of carboxylic acid groups (broad SMARTS) is 1. The maximum absolute atomic E-state index is 12.2. The summed E-state index contributed by atoms with van der Waals surface area (Å²) in [5.41, 5.74) is 1.13. The zero-order valence-electron chi connectivity index (χ0n) is 12.8. The van der Waals surface area contributed by atoms with Gasteiger partial charge < -0.3 is 15.2 Å². The van der Waals surface area contributed by atoms with Gasteiger partial charge >= 0.3 is 0 Å². The summed E-state index contributed by atoms with van der Waals surface area (Å²) in [6.45, 7) is 1.38. The zero-order chi connectivity index (χ0) is 17.7. The monoisotopic (exact) mass is 347 g/mol. The smallest absolute Gasteiger partial charge is 0.240 e. The number of sulfonamides is 1. The molecule has 0 aliphatic carbocycles. The van der Waals surface area contributed by atoms with E-state index >= 15 is 0 Å². The van der Waals surface area contributed by atoms with E-state index in [4.69, 9.17) is 0 Å². The molecule has 0 atom stereocenters. The third-order valence-corrected chi connectivity index (χ3v) is 4.56. The minimum atomic E-state index is -3.72. The Hall–Kier alpha value is -2.71. The number of aromatic carboxylic acids is 1. The lowest BCUT2D eigenvalue weighted by Gasteiger charge is -2.09. The minimum absolute atomic E-state index is 0.0170. The number of amides is 1. The van der Waals surface area contributed by atoms with Crippen LogP contribution >= 0.6 is 0 Å². The number of hydrogen-bond donors (Lipinski definition) is 2. The Kier molecular flexibility index (Phi) is 5.32. The molecule has 2 N–H and O–H groups in total. The number of rotatable bonds is 6. The molecule has 0 aliphatic heterocycles. The van der Waals surface area contributed by atoms with Crippen LogP contribution in [-0.2, 0) is 21.4 Å². The largest absolute Gasteiger partial charge is 0.545 e. The second-order valence-electron chi connectivity index (χ2n) is 5.01. The van der Waals surface area contributed by atoms with Gasteiger partial charge in [-0.2, -0.15) is 0 Å². The first-order valence-electron chi connectivity index (χ1n) is 6.95. The molecular formula is C16H15N2O5S-. The molecule has 0 radical (unpaired) electrons.